The molecule has 4 atom stereocenters. The van der Waals surface area contributed by atoms with Gasteiger partial charge in [0.1, 0.15) is 5.82 Å². The van der Waals surface area contributed by atoms with Gasteiger partial charge in [0.15, 0.2) is 0 Å². The molecule has 1 saturated carbocycles. The number of aromatic nitrogens is 1. The van der Waals surface area contributed by atoms with E-state index in [9.17, 15) is 9.90 Å². The van der Waals surface area contributed by atoms with Crippen molar-refractivity contribution in [1.29, 1.82) is 0 Å². The zero-order chi connectivity index (χ0) is 25.1. The fraction of sp³-hybridized carbons (Fsp3) is 0.643. The van der Waals surface area contributed by atoms with Gasteiger partial charge in [0.2, 0.25) is 5.91 Å². The Morgan fingerprint density at radius 2 is 1.97 bits per heavy atom. The first-order valence-electron chi connectivity index (χ1n) is 13.4. The monoisotopic (exact) mass is 494 g/mol. The first-order chi connectivity index (χ1) is 17.3. The molecule has 4 fully saturated rings. The average Bonchev–Trinajstić information content (AvgIpc) is 3.44. The van der Waals surface area contributed by atoms with Crippen molar-refractivity contribution in [2.75, 3.05) is 56.3 Å². The first kappa shape index (κ1) is 24.1. The fourth-order valence-electron chi connectivity index (χ4n) is 6.67. The van der Waals surface area contributed by atoms with Gasteiger partial charge in [-0.3, -0.25) is 9.69 Å². The largest absolute Gasteiger partial charge is 0.389 e. The molecule has 194 valence electrons. The molecule has 8 nitrogen and oxygen atoms in total. The lowest BCUT2D eigenvalue weighted by Gasteiger charge is -2.48. The maximum atomic E-state index is 13.0. The number of benzene rings is 1. The van der Waals surface area contributed by atoms with Crippen molar-refractivity contribution in [1.82, 2.24) is 9.88 Å². The molecule has 1 aromatic heterocycles. The lowest BCUT2D eigenvalue weighted by Crippen LogP contribution is -2.63. The van der Waals surface area contributed by atoms with Gasteiger partial charge in [0.05, 0.1) is 24.9 Å². The summed E-state index contributed by atoms with van der Waals surface area (Å²) in [4.78, 5) is 22.4. The van der Waals surface area contributed by atoms with Gasteiger partial charge in [0, 0.05) is 62.1 Å². The number of hydrogen-bond donors (Lipinski definition) is 2. The number of anilines is 2. The fourth-order valence-corrected chi connectivity index (χ4v) is 6.67. The smallest absolute Gasteiger partial charge is 0.229 e. The van der Waals surface area contributed by atoms with Crippen molar-refractivity contribution in [3.8, 4) is 0 Å². The lowest BCUT2D eigenvalue weighted by molar-refractivity contribution is -0.118. The number of rotatable bonds is 4. The van der Waals surface area contributed by atoms with Crippen LogP contribution >= 0.6 is 0 Å². The number of nitrogens with zero attached hydrogens (tertiary/aromatic N) is 3. The summed E-state index contributed by atoms with van der Waals surface area (Å²) >= 11 is 0. The van der Waals surface area contributed by atoms with Crippen LogP contribution in [0.1, 0.15) is 38.7 Å². The van der Waals surface area contributed by atoms with E-state index in [-0.39, 0.29) is 22.8 Å². The normalized spacial score (nSPS) is 32.2. The van der Waals surface area contributed by atoms with Gasteiger partial charge in [-0.1, -0.05) is 0 Å². The number of hydrogen-bond acceptors (Lipinski definition) is 7. The summed E-state index contributed by atoms with van der Waals surface area (Å²) in [5.41, 5.74) is 2.27. The number of nitrogens with one attached hydrogen (secondary N) is 1. The van der Waals surface area contributed by atoms with Gasteiger partial charge in [-0.05, 0) is 74.6 Å². The molecule has 36 heavy (non-hydrogen) atoms. The standard InChI is InChI=1S/C28H38N4O4/c1-18-10-21-14-29-25(30-26(34)22-13-28(22)4-8-35-9-5-28)12-20(21)11-23(18)32-7-6-31(15-19(32)2)27(3)17-36-16-24(27)33/h10-12,14,19,22,24,33H,4-9,13,15-17H2,1-3H3,(H,29,30,34)/t19-,22?,24+,27-/m0/s1. The van der Waals surface area contributed by atoms with Gasteiger partial charge in [-0.2, -0.15) is 0 Å². The number of amides is 1. The van der Waals surface area contributed by atoms with Gasteiger partial charge >= 0.3 is 0 Å². The second kappa shape index (κ2) is 8.94. The molecule has 0 bridgehead atoms. The Morgan fingerprint density at radius 3 is 2.69 bits per heavy atom. The number of aryl methyl sites for hydroxylation is 1. The zero-order valence-corrected chi connectivity index (χ0v) is 21.6. The summed E-state index contributed by atoms with van der Waals surface area (Å²) in [6.07, 6.45) is 4.34. The Hall–Kier alpha value is -2.26. The summed E-state index contributed by atoms with van der Waals surface area (Å²) in [6, 6.07) is 6.73. The van der Waals surface area contributed by atoms with Crippen LogP contribution in [0.15, 0.2) is 24.4 Å². The van der Waals surface area contributed by atoms with Crippen LogP contribution in [0, 0.1) is 18.3 Å². The predicted octanol–water partition coefficient (Wildman–Crippen LogP) is 2.96. The Kier molecular flexibility index (Phi) is 5.98. The van der Waals surface area contributed by atoms with Crippen LogP contribution in [0.25, 0.3) is 10.8 Å². The van der Waals surface area contributed by atoms with E-state index in [4.69, 9.17) is 9.47 Å². The van der Waals surface area contributed by atoms with Crippen LogP contribution < -0.4 is 10.2 Å². The van der Waals surface area contributed by atoms with Gasteiger partial charge < -0.3 is 24.8 Å². The van der Waals surface area contributed by atoms with Gasteiger partial charge in [0.25, 0.3) is 0 Å². The van der Waals surface area contributed by atoms with Crippen molar-refractivity contribution in [2.45, 2.75) is 57.7 Å². The zero-order valence-electron chi connectivity index (χ0n) is 21.6. The summed E-state index contributed by atoms with van der Waals surface area (Å²) in [6.45, 7) is 11.7. The van der Waals surface area contributed by atoms with Crippen molar-refractivity contribution in [3.05, 3.63) is 30.0 Å². The van der Waals surface area contributed by atoms with E-state index in [1.807, 2.05) is 12.3 Å². The molecule has 1 unspecified atom stereocenters. The molecule has 1 aliphatic carbocycles. The molecular weight excluding hydrogens is 456 g/mol. The van der Waals surface area contributed by atoms with E-state index in [1.165, 1.54) is 11.3 Å². The quantitative estimate of drug-likeness (QED) is 0.676. The third-order valence-corrected chi connectivity index (χ3v) is 9.33. The van der Waals surface area contributed by atoms with E-state index < -0.39 is 6.10 Å². The number of carbonyl (C=O) groups excluding carboxylic acids is 1. The highest BCUT2D eigenvalue weighted by atomic mass is 16.5. The molecule has 0 radical (unpaired) electrons. The molecule has 4 heterocycles. The van der Waals surface area contributed by atoms with Gasteiger partial charge in [-0.15, -0.1) is 0 Å². The van der Waals surface area contributed by atoms with Crippen LogP contribution in [0.4, 0.5) is 11.5 Å². The number of aliphatic hydroxyl groups is 1. The number of carbonyl (C=O) groups is 1. The molecule has 1 amide bonds. The van der Waals surface area contributed by atoms with E-state index in [1.54, 1.807) is 0 Å². The minimum atomic E-state index is -0.447. The Bertz CT molecular complexity index is 1170. The Balaban J connectivity index is 1.18. The van der Waals surface area contributed by atoms with Crippen molar-refractivity contribution in [3.63, 3.8) is 0 Å². The minimum Gasteiger partial charge on any atom is -0.389 e. The van der Waals surface area contributed by atoms with Crippen molar-refractivity contribution in [2.24, 2.45) is 11.3 Å². The Labute approximate surface area is 212 Å². The number of fused-ring (bicyclic) bond motifs is 1. The molecule has 2 N–H and O–H groups in total. The molecule has 4 aliphatic rings. The third kappa shape index (κ3) is 4.08. The van der Waals surface area contributed by atoms with Crippen LogP contribution in [0.5, 0.6) is 0 Å². The highest BCUT2D eigenvalue weighted by molar-refractivity contribution is 5.97. The van der Waals surface area contributed by atoms with Crippen LogP contribution in [0.2, 0.25) is 0 Å². The topological polar surface area (TPSA) is 87.2 Å². The highest BCUT2D eigenvalue weighted by Crippen LogP contribution is 2.59. The number of aliphatic hydroxyl groups excluding tert-OH is 1. The third-order valence-electron chi connectivity index (χ3n) is 9.33. The predicted molar refractivity (Wildman–Crippen MR) is 139 cm³/mol. The minimum absolute atomic E-state index is 0.0789. The van der Waals surface area contributed by atoms with Crippen molar-refractivity contribution < 1.29 is 19.4 Å². The molecule has 1 spiro atoms. The lowest BCUT2D eigenvalue weighted by atomic mass is 9.93. The molecule has 1 aromatic carbocycles. The summed E-state index contributed by atoms with van der Waals surface area (Å²) in [5.74, 6) is 0.792. The average molecular weight is 495 g/mol. The van der Waals surface area contributed by atoms with E-state index in [0.717, 1.165) is 62.9 Å². The maximum Gasteiger partial charge on any atom is 0.229 e. The number of ether oxygens (including phenoxy) is 2. The summed E-state index contributed by atoms with van der Waals surface area (Å²) in [7, 11) is 0. The summed E-state index contributed by atoms with van der Waals surface area (Å²) in [5, 5.41) is 15.8. The number of piperazine rings is 1. The van der Waals surface area contributed by atoms with E-state index in [2.05, 4.69) is 53.0 Å². The second-order valence-corrected chi connectivity index (χ2v) is 11.7. The van der Waals surface area contributed by atoms with Crippen LogP contribution in [-0.4, -0.2) is 84.6 Å². The van der Waals surface area contributed by atoms with Gasteiger partial charge in [-0.25, -0.2) is 4.98 Å². The Morgan fingerprint density at radius 1 is 1.17 bits per heavy atom. The highest BCUT2D eigenvalue weighted by Gasteiger charge is 2.58. The second-order valence-electron chi connectivity index (χ2n) is 11.7. The molecule has 6 rings (SSSR count). The molecule has 3 saturated heterocycles. The molecular formula is C28H38N4O4. The van der Waals surface area contributed by atoms with Crippen molar-refractivity contribution >= 4 is 28.2 Å². The number of pyridine rings is 1. The van der Waals surface area contributed by atoms with Crippen LogP contribution in [-0.2, 0) is 14.3 Å². The van der Waals surface area contributed by atoms with E-state index >= 15 is 0 Å². The molecule has 8 heteroatoms. The molecule has 2 aromatic rings. The first-order valence-corrected chi connectivity index (χ1v) is 13.4. The van der Waals surface area contributed by atoms with E-state index in [0.29, 0.717) is 25.1 Å². The maximum absolute atomic E-state index is 13.0. The molecule has 3 aliphatic heterocycles. The SMILES string of the molecule is Cc1cc2cnc(NC(=O)C3CC34CCOCC4)cc2cc1N1CCN([C@@]2(C)COC[C@H]2O)C[C@@H]1C. The van der Waals surface area contributed by atoms with Crippen LogP contribution in [0.3, 0.4) is 0 Å². The summed E-state index contributed by atoms with van der Waals surface area (Å²) < 4.78 is 11.1.